The third-order valence-electron chi connectivity index (χ3n) is 1.67. The van der Waals surface area contributed by atoms with Gasteiger partial charge in [0.15, 0.2) is 5.69 Å². The van der Waals surface area contributed by atoms with Crippen molar-refractivity contribution in [1.29, 1.82) is 0 Å². The number of aromatic carboxylic acids is 1. The standard InChI is InChI=1S/C9H9F3N2O3/c1-5-4-6(7(15)16)14-8(13-5)17-3-2-9(10,11)12/h4H,2-3H2,1H3,(H,15,16). The maximum absolute atomic E-state index is 11.8. The zero-order chi connectivity index (χ0) is 13.1. The van der Waals surface area contributed by atoms with Gasteiger partial charge in [-0.3, -0.25) is 0 Å². The summed E-state index contributed by atoms with van der Waals surface area (Å²) in [5, 5.41) is 8.66. The molecule has 0 spiro atoms. The Kier molecular flexibility index (Phi) is 3.87. The van der Waals surface area contributed by atoms with Gasteiger partial charge in [-0.15, -0.1) is 0 Å². The van der Waals surface area contributed by atoms with Crippen molar-refractivity contribution in [2.45, 2.75) is 19.5 Å². The predicted molar refractivity (Wildman–Crippen MR) is 49.9 cm³/mol. The van der Waals surface area contributed by atoms with Crippen LogP contribution in [0, 0.1) is 6.92 Å². The van der Waals surface area contributed by atoms with E-state index >= 15 is 0 Å². The molecule has 5 nitrogen and oxygen atoms in total. The van der Waals surface area contributed by atoms with Crippen LogP contribution in [-0.2, 0) is 0 Å². The first-order valence-electron chi connectivity index (χ1n) is 4.56. The SMILES string of the molecule is Cc1cc(C(=O)O)nc(OCCC(F)(F)F)n1. The molecule has 0 aliphatic heterocycles. The van der Waals surface area contributed by atoms with Gasteiger partial charge in [0.25, 0.3) is 0 Å². The highest BCUT2D eigenvalue weighted by atomic mass is 19.4. The smallest absolute Gasteiger partial charge is 0.392 e. The van der Waals surface area contributed by atoms with E-state index in [0.717, 1.165) is 0 Å². The van der Waals surface area contributed by atoms with Crippen LogP contribution < -0.4 is 4.74 Å². The number of ether oxygens (including phenoxy) is 1. The molecule has 1 aromatic rings. The van der Waals surface area contributed by atoms with Gasteiger partial charge in [0.2, 0.25) is 0 Å². The normalized spacial score (nSPS) is 11.3. The lowest BCUT2D eigenvalue weighted by Gasteiger charge is -2.07. The molecule has 0 fully saturated rings. The molecule has 94 valence electrons. The number of halogens is 3. The highest BCUT2D eigenvalue weighted by Crippen LogP contribution is 2.19. The van der Waals surface area contributed by atoms with Crippen molar-refractivity contribution in [3.8, 4) is 6.01 Å². The minimum Gasteiger partial charge on any atom is -0.477 e. The summed E-state index contributed by atoms with van der Waals surface area (Å²) in [5.41, 5.74) is -0.0149. The van der Waals surface area contributed by atoms with Gasteiger partial charge in [-0.2, -0.15) is 18.2 Å². The monoisotopic (exact) mass is 250 g/mol. The molecular formula is C9H9F3N2O3. The van der Waals surface area contributed by atoms with Gasteiger partial charge in [-0.25, -0.2) is 9.78 Å². The highest BCUT2D eigenvalue weighted by molar-refractivity contribution is 5.85. The lowest BCUT2D eigenvalue weighted by molar-refractivity contribution is -0.139. The predicted octanol–water partition coefficient (Wildman–Crippen LogP) is 1.81. The van der Waals surface area contributed by atoms with Crippen LogP contribution in [0.2, 0.25) is 0 Å². The largest absolute Gasteiger partial charge is 0.477 e. The van der Waals surface area contributed by atoms with Crippen molar-refractivity contribution in [3.63, 3.8) is 0 Å². The second-order valence-electron chi connectivity index (χ2n) is 3.20. The number of hydrogen-bond donors (Lipinski definition) is 1. The molecule has 0 aliphatic carbocycles. The zero-order valence-corrected chi connectivity index (χ0v) is 8.78. The molecule has 17 heavy (non-hydrogen) atoms. The summed E-state index contributed by atoms with van der Waals surface area (Å²) in [7, 11) is 0. The van der Waals surface area contributed by atoms with E-state index in [9.17, 15) is 18.0 Å². The summed E-state index contributed by atoms with van der Waals surface area (Å²) in [4.78, 5) is 17.7. The zero-order valence-electron chi connectivity index (χ0n) is 8.78. The molecule has 1 N–H and O–H groups in total. The molecule has 0 atom stereocenters. The molecule has 0 bridgehead atoms. The molecule has 0 saturated carbocycles. The number of carboxylic acid groups (broad SMARTS) is 1. The number of aromatic nitrogens is 2. The number of alkyl halides is 3. The average molecular weight is 250 g/mol. The van der Waals surface area contributed by atoms with Gasteiger partial charge in [0.1, 0.15) is 6.61 Å². The maximum Gasteiger partial charge on any atom is 0.392 e. The Hall–Kier alpha value is -1.86. The van der Waals surface area contributed by atoms with Crippen LogP contribution >= 0.6 is 0 Å². The molecule has 8 heteroatoms. The summed E-state index contributed by atoms with van der Waals surface area (Å²) in [5.74, 6) is -1.30. The highest BCUT2D eigenvalue weighted by Gasteiger charge is 2.27. The number of hydrogen-bond acceptors (Lipinski definition) is 4. The molecule has 0 radical (unpaired) electrons. The van der Waals surface area contributed by atoms with E-state index < -0.39 is 25.2 Å². The average Bonchev–Trinajstić information content (AvgIpc) is 2.14. The van der Waals surface area contributed by atoms with Crippen molar-refractivity contribution < 1.29 is 27.8 Å². The lowest BCUT2D eigenvalue weighted by atomic mass is 10.3. The third kappa shape index (κ3) is 4.66. The number of nitrogens with zero attached hydrogens (tertiary/aromatic N) is 2. The molecular weight excluding hydrogens is 241 g/mol. The quantitative estimate of drug-likeness (QED) is 0.882. The van der Waals surface area contributed by atoms with Crippen LogP contribution in [0.25, 0.3) is 0 Å². The van der Waals surface area contributed by atoms with Crippen molar-refractivity contribution >= 4 is 5.97 Å². The first-order chi connectivity index (χ1) is 7.78. The minimum atomic E-state index is -4.33. The van der Waals surface area contributed by atoms with Crippen molar-refractivity contribution in [2.75, 3.05) is 6.61 Å². The van der Waals surface area contributed by atoms with Crippen molar-refractivity contribution in [1.82, 2.24) is 9.97 Å². The number of carbonyl (C=O) groups is 1. The molecule has 1 aromatic heterocycles. The second kappa shape index (κ2) is 4.98. The van der Waals surface area contributed by atoms with Gasteiger partial charge in [0, 0.05) is 5.69 Å². The number of rotatable bonds is 4. The minimum absolute atomic E-state index is 0.305. The molecule has 0 amide bonds. The molecule has 0 aromatic carbocycles. The van der Waals surface area contributed by atoms with E-state index in [4.69, 9.17) is 5.11 Å². The van der Waals surface area contributed by atoms with E-state index in [1.165, 1.54) is 13.0 Å². The molecule has 0 unspecified atom stereocenters. The third-order valence-corrected chi connectivity index (χ3v) is 1.67. The van der Waals surface area contributed by atoms with Crippen LogP contribution in [0.3, 0.4) is 0 Å². The van der Waals surface area contributed by atoms with Crippen LogP contribution in [0.4, 0.5) is 13.2 Å². The Labute approximate surface area is 94.3 Å². The Morgan fingerprint density at radius 2 is 2.12 bits per heavy atom. The van der Waals surface area contributed by atoms with Gasteiger partial charge in [-0.05, 0) is 13.0 Å². The summed E-state index contributed by atoms with van der Waals surface area (Å²) >= 11 is 0. The van der Waals surface area contributed by atoms with Gasteiger partial charge >= 0.3 is 18.2 Å². The Balaban J connectivity index is 2.68. The van der Waals surface area contributed by atoms with Gasteiger partial charge < -0.3 is 9.84 Å². The Morgan fingerprint density at radius 1 is 1.47 bits per heavy atom. The maximum atomic E-state index is 11.8. The molecule has 0 saturated heterocycles. The Morgan fingerprint density at radius 3 is 2.65 bits per heavy atom. The number of aryl methyl sites for hydroxylation is 1. The fourth-order valence-corrected chi connectivity index (χ4v) is 0.973. The van der Waals surface area contributed by atoms with Gasteiger partial charge in [-0.1, -0.05) is 0 Å². The van der Waals surface area contributed by atoms with E-state index in [1.807, 2.05) is 0 Å². The lowest BCUT2D eigenvalue weighted by Crippen LogP contribution is -2.14. The summed E-state index contributed by atoms with van der Waals surface area (Å²) < 4.78 is 40.1. The van der Waals surface area contributed by atoms with Crippen molar-refractivity contribution in [2.24, 2.45) is 0 Å². The van der Waals surface area contributed by atoms with E-state index in [1.54, 1.807) is 0 Å². The fraction of sp³-hybridized carbons (Fsp3) is 0.444. The van der Waals surface area contributed by atoms with E-state index in [2.05, 4.69) is 14.7 Å². The van der Waals surface area contributed by atoms with E-state index in [0.29, 0.717) is 5.69 Å². The fourth-order valence-electron chi connectivity index (χ4n) is 0.973. The first-order valence-corrected chi connectivity index (χ1v) is 4.56. The van der Waals surface area contributed by atoms with Crippen molar-refractivity contribution in [3.05, 3.63) is 17.5 Å². The number of carboxylic acids is 1. The van der Waals surface area contributed by atoms with Crippen LogP contribution in [0.1, 0.15) is 22.6 Å². The van der Waals surface area contributed by atoms with Crippen LogP contribution in [-0.4, -0.2) is 33.8 Å². The molecule has 0 aliphatic rings. The second-order valence-corrected chi connectivity index (χ2v) is 3.20. The first kappa shape index (κ1) is 13.2. The Bertz CT molecular complexity index is 420. The summed E-state index contributed by atoms with van der Waals surface area (Å²) in [6.07, 6.45) is -5.48. The summed E-state index contributed by atoms with van der Waals surface area (Å²) in [6, 6.07) is 0.825. The summed E-state index contributed by atoms with van der Waals surface area (Å²) in [6.45, 7) is 0.844. The van der Waals surface area contributed by atoms with Crippen LogP contribution in [0.15, 0.2) is 6.07 Å². The molecule has 1 heterocycles. The van der Waals surface area contributed by atoms with Crippen LogP contribution in [0.5, 0.6) is 6.01 Å². The van der Waals surface area contributed by atoms with Gasteiger partial charge in [0.05, 0.1) is 6.42 Å². The van der Waals surface area contributed by atoms with E-state index in [-0.39, 0.29) is 11.7 Å². The molecule has 1 rings (SSSR count). The topological polar surface area (TPSA) is 72.3 Å².